The van der Waals surface area contributed by atoms with Crippen LogP contribution in [0.25, 0.3) is 22.3 Å². The van der Waals surface area contributed by atoms with Gasteiger partial charge in [0.2, 0.25) is 5.95 Å². The van der Waals surface area contributed by atoms with E-state index >= 15 is 0 Å². The first kappa shape index (κ1) is 19.8. The molecule has 0 aliphatic carbocycles. The summed E-state index contributed by atoms with van der Waals surface area (Å²) in [6, 6.07) is 13.7. The van der Waals surface area contributed by atoms with Crippen molar-refractivity contribution < 1.29 is 8.78 Å². The smallest absolute Gasteiger partial charge is 0.225 e. The van der Waals surface area contributed by atoms with Crippen molar-refractivity contribution in [3.8, 4) is 11.3 Å². The highest BCUT2D eigenvalue weighted by Gasteiger charge is 2.21. The summed E-state index contributed by atoms with van der Waals surface area (Å²) in [6.45, 7) is 5.14. The number of nitrogens with zero attached hydrogens (tertiary/aromatic N) is 4. The van der Waals surface area contributed by atoms with E-state index in [0.717, 1.165) is 11.6 Å². The van der Waals surface area contributed by atoms with E-state index in [1.807, 2.05) is 44.2 Å². The SMILES string of the molecule is CC(C)CNc1nc(-c2cccc(F)c2F)c2c(N)n(Cc3ccccc3)nc2n1. The predicted octanol–water partition coefficient (Wildman–Crippen LogP) is 4.47. The van der Waals surface area contributed by atoms with Crippen LogP contribution in [0.1, 0.15) is 19.4 Å². The van der Waals surface area contributed by atoms with E-state index in [1.165, 1.54) is 12.1 Å². The van der Waals surface area contributed by atoms with Gasteiger partial charge in [-0.3, -0.25) is 0 Å². The van der Waals surface area contributed by atoms with Gasteiger partial charge in [-0.1, -0.05) is 50.2 Å². The third-order valence-electron chi connectivity index (χ3n) is 4.69. The normalized spacial score (nSPS) is 11.4. The summed E-state index contributed by atoms with van der Waals surface area (Å²) >= 11 is 0. The third kappa shape index (κ3) is 3.80. The molecule has 30 heavy (non-hydrogen) atoms. The molecule has 2 heterocycles. The lowest BCUT2D eigenvalue weighted by molar-refractivity contribution is 0.511. The van der Waals surface area contributed by atoms with Gasteiger partial charge in [0.25, 0.3) is 0 Å². The molecule has 0 fully saturated rings. The monoisotopic (exact) mass is 408 g/mol. The molecule has 0 saturated carbocycles. The average molecular weight is 408 g/mol. The van der Waals surface area contributed by atoms with E-state index < -0.39 is 11.6 Å². The topological polar surface area (TPSA) is 81.6 Å². The molecule has 0 aliphatic heterocycles. The van der Waals surface area contributed by atoms with Crippen LogP contribution in [0.15, 0.2) is 48.5 Å². The number of aromatic nitrogens is 4. The van der Waals surface area contributed by atoms with Gasteiger partial charge in [0.05, 0.1) is 17.6 Å². The van der Waals surface area contributed by atoms with Crippen molar-refractivity contribution in [3.05, 3.63) is 65.7 Å². The number of nitrogens with two attached hydrogens (primary N) is 1. The van der Waals surface area contributed by atoms with Crippen molar-refractivity contribution in [2.75, 3.05) is 17.6 Å². The molecule has 0 atom stereocenters. The Hall–Kier alpha value is -3.55. The van der Waals surface area contributed by atoms with Crippen LogP contribution in [0.4, 0.5) is 20.5 Å². The number of nitrogen functional groups attached to an aromatic ring is 1. The minimum atomic E-state index is -0.984. The van der Waals surface area contributed by atoms with Crippen LogP contribution in [0.2, 0.25) is 0 Å². The van der Waals surface area contributed by atoms with Crippen LogP contribution >= 0.6 is 0 Å². The predicted molar refractivity (Wildman–Crippen MR) is 114 cm³/mol. The van der Waals surface area contributed by atoms with E-state index in [4.69, 9.17) is 5.73 Å². The van der Waals surface area contributed by atoms with Crippen molar-refractivity contribution in [3.63, 3.8) is 0 Å². The maximum absolute atomic E-state index is 14.6. The Balaban J connectivity index is 1.89. The molecule has 0 aliphatic rings. The molecule has 8 heteroatoms. The highest BCUT2D eigenvalue weighted by Crippen LogP contribution is 2.33. The molecule has 3 N–H and O–H groups in total. The van der Waals surface area contributed by atoms with Crippen LogP contribution in [0, 0.1) is 17.6 Å². The number of fused-ring (bicyclic) bond motifs is 1. The first-order valence-electron chi connectivity index (χ1n) is 9.70. The van der Waals surface area contributed by atoms with E-state index in [1.54, 1.807) is 4.68 Å². The van der Waals surface area contributed by atoms with Crippen molar-refractivity contribution in [2.45, 2.75) is 20.4 Å². The lowest BCUT2D eigenvalue weighted by Gasteiger charge is -2.10. The zero-order valence-corrected chi connectivity index (χ0v) is 16.7. The summed E-state index contributed by atoms with van der Waals surface area (Å²) in [5.74, 6) is -1.00. The summed E-state index contributed by atoms with van der Waals surface area (Å²) in [5, 5.41) is 8.04. The van der Waals surface area contributed by atoms with Crippen LogP contribution in [0.5, 0.6) is 0 Å². The van der Waals surface area contributed by atoms with E-state index in [2.05, 4.69) is 20.4 Å². The highest BCUT2D eigenvalue weighted by molar-refractivity contribution is 5.99. The van der Waals surface area contributed by atoms with Gasteiger partial charge in [-0.05, 0) is 23.6 Å². The lowest BCUT2D eigenvalue weighted by Crippen LogP contribution is -2.11. The Morgan fingerprint density at radius 1 is 1.03 bits per heavy atom. The Labute approximate surface area is 172 Å². The molecular formula is C22H22F2N6. The fourth-order valence-corrected chi connectivity index (χ4v) is 3.19. The van der Waals surface area contributed by atoms with Crippen molar-refractivity contribution in [2.24, 2.45) is 5.92 Å². The molecule has 0 radical (unpaired) electrons. The molecule has 6 nitrogen and oxygen atoms in total. The molecule has 2 aromatic heterocycles. The Morgan fingerprint density at radius 3 is 2.53 bits per heavy atom. The second-order valence-electron chi connectivity index (χ2n) is 7.50. The lowest BCUT2D eigenvalue weighted by atomic mass is 10.1. The Bertz CT molecular complexity index is 1190. The summed E-state index contributed by atoms with van der Waals surface area (Å²) in [4.78, 5) is 8.92. The molecule has 0 spiro atoms. The van der Waals surface area contributed by atoms with Gasteiger partial charge in [0.15, 0.2) is 17.3 Å². The fourth-order valence-electron chi connectivity index (χ4n) is 3.19. The molecule has 0 saturated heterocycles. The molecule has 0 unspecified atom stereocenters. The molecule has 0 bridgehead atoms. The number of halogens is 2. The largest absolute Gasteiger partial charge is 0.383 e. The number of hydrogen-bond acceptors (Lipinski definition) is 5. The van der Waals surface area contributed by atoms with Crippen LogP contribution in [-0.2, 0) is 6.54 Å². The van der Waals surface area contributed by atoms with E-state index in [0.29, 0.717) is 41.8 Å². The van der Waals surface area contributed by atoms with Crippen LogP contribution < -0.4 is 11.1 Å². The van der Waals surface area contributed by atoms with Crippen LogP contribution in [-0.4, -0.2) is 26.3 Å². The zero-order valence-electron chi connectivity index (χ0n) is 16.7. The second-order valence-corrected chi connectivity index (χ2v) is 7.50. The minimum Gasteiger partial charge on any atom is -0.383 e. The molecule has 4 rings (SSSR count). The molecule has 4 aromatic rings. The second kappa shape index (κ2) is 8.06. The van der Waals surface area contributed by atoms with Gasteiger partial charge in [0.1, 0.15) is 5.82 Å². The molecule has 154 valence electrons. The van der Waals surface area contributed by atoms with Gasteiger partial charge in [0, 0.05) is 12.1 Å². The first-order chi connectivity index (χ1) is 14.4. The standard InChI is InChI=1S/C22H22F2N6/c1-13(2)11-26-22-27-19(15-9-6-10-16(23)18(15)24)17-20(25)30(29-21(17)28-22)12-14-7-4-3-5-8-14/h3-10,13H,11-12,25H2,1-2H3,(H,26,28,29). The van der Waals surface area contributed by atoms with E-state index in [-0.39, 0.29) is 11.3 Å². The quantitative estimate of drug-likeness (QED) is 0.492. The Morgan fingerprint density at radius 2 is 1.80 bits per heavy atom. The number of anilines is 2. The van der Waals surface area contributed by atoms with Crippen molar-refractivity contribution in [1.82, 2.24) is 19.7 Å². The van der Waals surface area contributed by atoms with Gasteiger partial charge < -0.3 is 11.1 Å². The molecular weight excluding hydrogens is 386 g/mol. The number of nitrogens with one attached hydrogen (secondary N) is 1. The number of rotatable bonds is 6. The Kier molecular flexibility index (Phi) is 5.31. The first-order valence-corrected chi connectivity index (χ1v) is 9.70. The maximum Gasteiger partial charge on any atom is 0.225 e. The van der Waals surface area contributed by atoms with Gasteiger partial charge in [-0.25, -0.2) is 18.4 Å². The summed E-state index contributed by atoms with van der Waals surface area (Å²) in [5.41, 5.74) is 7.92. The maximum atomic E-state index is 14.6. The van der Waals surface area contributed by atoms with Crippen LogP contribution in [0.3, 0.4) is 0 Å². The van der Waals surface area contributed by atoms with Gasteiger partial charge in [-0.15, -0.1) is 5.10 Å². The van der Waals surface area contributed by atoms with E-state index in [9.17, 15) is 8.78 Å². The third-order valence-corrected chi connectivity index (χ3v) is 4.69. The van der Waals surface area contributed by atoms with Gasteiger partial charge >= 0.3 is 0 Å². The van der Waals surface area contributed by atoms with Crippen molar-refractivity contribution in [1.29, 1.82) is 0 Å². The summed E-state index contributed by atoms with van der Waals surface area (Å²) in [7, 11) is 0. The average Bonchev–Trinajstić information content (AvgIpc) is 3.04. The minimum absolute atomic E-state index is 0.0148. The molecule has 0 amide bonds. The highest BCUT2D eigenvalue weighted by atomic mass is 19.2. The molecule has 2 aromatic carbocycles. The summed E-state index contributed by atoms with van der Waals surface area (Å²) < 4.78 is 30.1. The fraction of sp³-hybridized carbons (Fsp3) is 0.227. The number of hydrogen-bond donors (Lipinski definition) is 2. The number of benzene rings is 2. The van der Waals surface area contributed by atoms with Gasteiger partial charge in [-0.2, -0.15) is 4.98 Å². The van der Waals surface area contributed by atoms with Crippen molar-refractivity contribution >= 4 is 22.8 Å². The zero-order chi connectivity index (χ0) is 21.3. The summed E-state index contributed by atoms with van der Waals surface area (Å²) in [6.07, 6.45) is 0.